The molecular formula is C15H23N3O. The minimum Gasteiger partial charge on any atom is -0.374 e. The van der Waals surface area contributed by atoms with Crippen LogP contribution in [0.1, 0.15) is 32.6 Å². The van der Waals surface area contributed by atoms with Gasteiger partial charge < -0.3 is 15.0 Å². The Bertz CT molecular complexity index is 422. The van der Waals surface area contributed by atoms with Crippen molar-refractivity contribution in [1.82, 2.24) is 4.98 Å². The van der Waals surface area contributed by atoms with E-state index in [1.165, 1.54) is 31.4 Å². The van der Waals surface area contributed by atoms with Gasteiger partial charge in [0.25, 0.3) is 0 Å². The minimum atomic E-state index is 0.429. The number of morpholine rings is 1. The number of aromatic nitrogens is 1. The number of pyridine rings is 1. The number of rotatable bonds is 3. The van der Waals surface area contributed by atoms with E-state index >= 15 is 0 Å². The van der Waals surface area contributed by atoms with Crippen LogP contribution in [0.2, 0.25) is 0 Å². The first-order valence-electron chi connectivity index (χ1n) is 7.46. The average molecular weight is 261 g/mol. The number of hydrogen-bond acceptors (Lipinski definition) is 4. The third-order valence-corrected chi connectivity index (χ3v) is 4.17. The third-order valence-electron chi connectivity index (χ3n) is 4.17. The highest BCUT2D eigenvalue weighted by molar-refractivity contribution is 5.55. The second-order valence-electron chi connectivity index (χ2n) is 5.38. The van der Waals surface area contributed by atoms with E-state index < -0.39 is 0 Å². The Kier molecular flexibility index (Phi) is 3.87. The van der Waals surface area contributed by atoms with E-state index in [0.29, 0.717) is 12.1 Å². The van der Waals surface area contributed by atoms with Crippen LogP contribution in [0, 0.1) is 0 Å². The lowest BCUT2D eigenvalue weighted by Gasteiger charge is -2.45. The Morgan fingerprint density at radius 3 is 3.21 bits per heavy atom. The van der Waals surface area contributed by atoms with Gasteiger partial charge in [-0.3, -0.25) is 0 Å². The van der Waals surface area contributed by atoms with Crippen LogP contribution in [0.25, 0.3) is 0 Å². The monoisotopic (exact) mass is 261 g/mol. The first-order valence-corrected chi connectivity index (χ1v) is 7.46. The fourth-order valence-corrected chi connectivity index (χ4v) is 3.29. The highest BCUT2D eigenvalue weighted by Crippen LogP contribution is 2.32. The lowest BCUT2D eigenvalue weighted by Crippen LogP contribution is -2.52. The number of fused-ring (bicyclic) bond motifs is 1. The Morgan fingerprint density at radius 1 is 1.42 bits per heavy atom. The third kappa shape index (κ3) is 2.68. The molecule has 1 aliphatic heterocycles. The van der Waals surface area contributed by atoms with Gasteiger partial charge in [-0.25, -0.2) is 4.98 Å². The second kappa shape index (κ2) is 5.78. The van der Waals surface area contributed by atoms with E-state index in [0.717, 1.165) is 25.5 Å². The molecule has 0 amide bonds. The molecule has 3 rings (SSSR count). The molecule has 4 heteroatoms. The highest BCUT2D eigenvalue weighted by Gasteiger charge is 2.34. The van der Waals surface area contributed by atoms with E-state index in [1.54, 1.807) is 0 Å². The molecule has 2 unspecified atom stereocenters. The molecule has 0 spiro atoms. The highest BCUT2D eigenvalue weighted by atomic mass is 16.5. The summed E-state index contributed by atoms with van der Waals surface area (Å²) in [6.07, 6.45) is 7.44. The van der Waals surface area contributed by atoms with Crippen LogP contribution in [-0.2, 0) is 4.74 Å². The molecule has 4 nitrogen and oxygen atoms in total. The summed E-state index contributed by atoms with van der Waals surface area (Å²) in [5.74, 6) is 0.971. The van der Waals surface area contributed by atoms with Crippen molar-refractivity contribution in [3.8, 4) is 0 Å². The van der Waals surface area contributed by atoms with Crippen LogP contribution in [0.3, 0.4) is 0 Å². The number of ether oxygens (including phenoxy) is 1. The van der Waals surface area contributed by atoms with E-state index in [1.807, 2.05) is 6.20 Å². The number of nitrogens with zero attached hydrogens (tertiary/aromatic N) is 2. The van der Waals surface area contributed by atoms with Crippen LogP contribution < -0.4 is 10.2 Å². The molecule has 2 aliphatic rings. The molecule has 2 atom stereocenters. The molecule has 1 aliphatic carbocycles. The molecule has 1 N–H and O–H groups in total. The normalized spacial score (nSPS) is 26.9. The van der Waals surface area contributed by atoms with Gasteiger partial charge in [-0.2, -0.15) is 0 Å². The van der Waals surface area contributed by atoms with Gasteiger partial charge in [0.15, 0.2) is 0 Å². The summed E-state index contributed by atoms with van der Waals surface area (Å²) >= 11 is 0. The van der Waals surface area contributed by atoms with Crippen molar-refractivity contribution in [2.45, 2.75) is 44.8 Å². The Labute approximate surface area is 115 Å². The summed E-state index contributed by atoms with van der Waals surface area (Å²) in [5, 5.41) is 3.29. The largest absolute Gasteiger partial charge is 0.374 e. The molecule has 1 aromatic rings. The zero-order chi connectivity index (χ0) is 13.1. The molecule has 2 fully saturated rings. The van der Waals surface area contributed by atoms with E-state index in [4.69, 9.17) is 4.74 Å². The smallest absolute Gasteiger partial charge is 0.127 e. The van der Waals surface area contributed by atoms with Gasteiger partial charge in [0.2, 0.25) is 0 Å². The molecule has 104 valence electrons. The fourth-order valence-electron chi connectivity index (χ4n) is 3.29. The average Bonchev–Trinajstić information content (AvgIpc) is 2.47. The molecule has 0 aromatic carbocycles. The number of nitrogens with one attached hydrogen (secondary N) is 1. The Hall–Kier alpha value is -1.29. The maximum Gasteiger partial charge on any atom is 0.127 e. The van der Waals surface area contributed by atoms with Crippen molar-refractivity contribution >= 4 is 11.5 Å². The predicted molar refractivity (Wildman–Crippen MR) is 77.7 cm³/mol. The first-order chi connectivity index (χ1) is 9.38. The van der Waals surface area contributed by atoms with Gasteiger partial charge in [-0.1, -0.05) is 12.8 Å². The lowest BCUT2D eigenvalue weighted by atomic mass is 9.90. The van der Waals surface area contributed by atoms with Crippen LogP contribution in [-0.4, -0.2) is 36.8 Å². The summed E-state index contributed by atoms with van der Waals surface area (Å²) < 4.78 is 5.94. The van der Waals surface area contributed by atoms with Crippen LogP contribution in [0.15, 0.2) is 18.3 Å². The summed E-state index contributed by atoms with van der Waals surface area (Å²) in [6, 6.07) is 4.84. The van der Waals surface area contributed by atoms with Crippen molar-refractivity contribution in [1.29, 1.82) is 0 Å². The van der Waals surface area contributed by atoms with Crippen molar-refractivity contribution in [3.63, 3.8) is 0 Å². The Balaban J connectivity index is 1.81. The van der Waals surface area contributed by atoms with Crippen molar-refractivity contribution in [2.75, 3.05) is 29.9 Å². The standard InChI is InChI=1S/C15H23N3O/c1-2-16-15-11-12(7-8-17-15)18-9-10-19-14-6-4-3-5-13(14)18/h7-8,11,13-14H,2-6,9-10H2,1H3,(H,16,17). The van der Waals surface area contributed by atoms with Gasteiger partial charge >= 0.3 is 0 Å². The maximum absolute atomic E-state index is 5.94. The Morgan fingerprint density at radius 2 is 2.32 bits per heavy atom. The zero-order valence-electron chi connectivity index (χ0n) is 11.6. The molecular weight excluding hydrogens is 238 g/mol. The summed E-state index contributed by atoms with van der Waals surface area (Å²) in [5.41, 5.74) is 1.28. The summed E-state index contributed by atoms with van der Waals surface area (Å²) in [4.78, 5) is 6.88. The number of anilines is 2. The van der Waals surface area contributed by atoms with Gasteiger partial charge in [0, 0.05) is 31.0 Å². The zero-order valence-corrected chi connectivity index (χ0v) is 11.6. The van der Waals surface area contributed by atoms with Crippen molar-refractivity contribution < 1.29 is 4.74 Å². The van der Waals surface area contributed by atoms with Crippen molar-refractivity contribution in [2.24, 2.45) is 0 Å². The fraction of sp³-hybridized carbons (Fsp3) is 0.667. The molecule has 19 heavy (non-hydrogen) atoms. The lowest BCUT2D eigenvalue weighted by molar-refractivity contribution is -0.00867. The predicted octanol–water partition coefficient (Wildman–Crippen LogP) is 2.66. The topological polar surface area (TPSA) is 37.4 Å². The molecule has 1 saturated carbocycles. The summed E-state index contributed by atoms with van der Waals surface area (Å²) in [6.45, 7) is 4.85. The molecule has 1 aromatic heterocycles. The van der Waals surface area contributed by atoms with Gasteiger partial charge in [0.1, 0.15) is 5.82 Å². The van der Waals surface area contributed by atoms with Crippen molar-refractivity contribution in [3.05, 3.63) is 18.3 Å². The summed E-state index contributed by atoms with van der Waals surface area (Å²) in [7, 11) is 0. The molecule has 0 bridgehead atoms. The quantitative estimate of drug-likeness (QED) is 0.907. The second-order valence-corrected chi connectivity index (χ2v) is 5.38. The van der Waals surface area contributed by atoms with Gasteiger partial charge in [-0.15, -0.1) is 0 Å². The maximum atomic E-state index is 5.94. The number of hydrogen-bond donors (Lipinski definition) is 1. The van der Waals surface area contributed by atoms with Crippen LogP contribution in [0.4, 0.5) is 11.5 Å². The molecule has 1 saturated heterocycles. The van der Waals surface area contributed by atoms with Crippen LogP contribution >= 0.6 is 0 Å². The van der Waals surface area contributed by atoms with Crippen LogP contribution in [0.5, 0.6) is 0 Å². The SMILES string of the molecule is CCNc1cc(N2CCOC3CCCCC32)ccn1. The molecule has 2 heterocycles. The molecule has 0 radical (unpaired) electrons. The van der Waals surface area contributed by atoms with E-state index in [-0.39, 0.29) is 0 Å². The van der Waals surface area contributed by atoms with E-state index in [2.05, 4.69) is 34.3 Å². The minimum absolute atomic E-state index is 0.429. The van der Waals surface area contributed by atoms with E-state index in [9.17, 15) is 0 Å². The first kappa shape index (κ1) is 12.7. The van der Waals surface area contributed by atoms with Gasteiger partial charge in [-0.05, 0) is 25.8 Å². The van der Waals surface area contributed by atoms with Gasteiger partial charge in [0.05, 0.1) is 18.8 Å².